The molecule has 1 amide bonds. The number of carbonyl (C=O) groups is 2. The third-order valence-corrected chi connectivity index (χ3v) is 4.77. The van der Waals surface area contributed by atoms with Crippen LogP contribution in [0.25, 0.3) is 6.08 Å². The largest absolute Gasteiger partial charge is 0.477 e. The summed E-state index contributed by atoms with van der Waals surface area (Å²) in [6, 6.07) is 9.44. The van der Waals surface area contributed by atoms with E-state index in [1.807, 2.05) is 30.3 Å². The lowest BCUT2D eigenvalue weighted by Crippen LogP contribution is -2.56. The second-order valence-electron chi connectivity index (χ2n) is 4.76. The number of carboxylic acid groups (broad SMARTS) is 1. The minimum Gasteiger partial charge on any atom is -0.477 e. The van der Waals surface area contributed by atoms with E-state index in [0.29, 0.717) is 16.9 Å². The topological polar surface area (TPSA) is 77.8 Å². The van der Waals surface area contributed by atoms with Crippen LogP contribution < -0.4 is 0 Å². The Morgan fingerprint density at radius 2 is 2.10 bits per heavy atom. The number of amides is 1. The number of aliphatic carboxylic acids is 1. The van der Waals surface area contributed by atoms with Crippen LogP contribution in [-0.4, -0.2) is 44.7 Å². The number of rotatable bonds is 3. The summed E-state index contributed by atoms with van der Waals surface area (Å²) in [5, 5.41) is 18.2. The van der Waals surface area contributed by atoms with Gasteiger partial charge in [0.2, 0.25) is 0 Å². The van der Waals surface area contributed by atoms with Crippen molar-refractivity contribution in [1.29, 1.82) is 0 Å². The summed E-state index contributed by atoms with van der Waals surface area (Å²) in [6.45, 7) is -0.344. The van der Waals surface area contributed by atoms with Crippen LogP contribution >= 0.6 is 11.8 Å². The maximum Gasteiger partial charge on any atom is 0.352 e. The summed E-state index contributed by atoms with van der Waals surface area (Å²) in [6.07, 6.45) is 1.79. The van der Waals surface area contributed by atoms with Crippen molar-refractivity contribution in [3.05, 3.63) is 52.7 Å². The highest BCUT2D eigenvalue weighted by Crippen LogP contribution is 2.43. The van der Waals surface area contributed by atoms with E-state index < -0.39 is 5.97 Å². The van der Waals surface area contributed by atoms with Gasteiger partial charge in [0.05, 0.1) is 12.2 Å². The Hall–Kier alpha value is -2.05. The molecule has 2 heterocycles. The molecule has 0 unspecified atom stereocenters. The smallest absolute Gasteiger partial charge is 0.352 e. The molecule has 2 aliphatic rings. The van der Waals surface area contributed by atoms with E-state index in [2.05, 4.69) is 0 Å². The van der Waals surface area contributed by atoms with Crippen molar-refractivity contribution in [3.63, 3.8) is 0 Å². The lowest BCUT2D eigenvalue weighted by molar-refractivity contribution is -0.141. The number of carboxylic acids is 1. The number of thioether (sulfide) groups is 1. The van der Waals surface area contributed by atoms with Crippen LogP contribution in [0.3, 0.4) is 0 Å². The minimum absolute atomic E-state index is 0.0727. The molecule has 2 aliphatic heterocycles. The average molecular weight is 303 g/mol. The Morgan fingerprint density at radius 3 is 2.71 bits per heavy atom. The van der Waals surface area contributed by atoms with Crippen LogP contribution in [-0.2, 0) is 9.59 Å². The van der Waals surface area contributed by atoms with E-state index >= 15 is 0 Å². The zero-order valence-corrected chi connectivity index (χ0v) is 11.8. The molecule has 1 aromatic carbocycles. The third kappa shape index (κ3) is 2.26. The molecule has 3 rings (SSSR count). The summed E-state index contributed by atoms with van der Waals surface area (Å²) in [4.78, 5) is 24.8. The first kappa shape index (κ1) is 13.9. The predicted molar refractivity (Wildman–Crippen MR) is 79.3 cm³/mol. The predicted octanol–water partition coefficient (Wildman–Crippen LogP) is 1.32. The highest BCUT2D eigenvalue weighted by molar-refractivity contribution is 8.00. The van der Waals surface area contributed by atoms with Crippen molar-refractivity contribution in [2.45, 2.75) is 5.37 Å². The van der Waals surface area contributed by atoms with Crippen LogP contribution in [0.15, 0.2) is 47.2 Å². The number of β-lactam (4-membered cyclic amide) rings is 1. The standard InChI is InChI=1S/C15H13NO4S/c17-7-10-8-21-14-11(6-9-4-2-1-3-5-9)13(18)16(14)12(10)15(19)20/h1-6,14,17H,7-8H2,(H,19,20)/t14-/m0/s1. The quantitative estimate of drug-likeness (QED) is 0.650. The Balaban J connectivity index is 1.94. The van der Waals surface area contributed by atoms with Crippen LogP contribution in [0.2, 0.25) is 0 Å². The van der Waals surface area contributed by atoms with Crippen LogP contribution in [0.4, 0.5) is 0 Å². The van der Waals surface area contributed by atoms with Gasteiger partial charge in [-0.15, -0.1) is 11.8 Å². The molecule has 5 nitrogen and oxygen atoms in total. The summed E-state index contributed by atoms with van der Waals surface area (Å²) in [7, 11) is 0. The zero-order valence-electron chi connectivity index (χ0n) is 11.0. The summed E-state index contributed by atoms with van der Waals surface area (Å²) >= 11 is 1.45. The molecule has 0 saturated carbocycles. The highest BCUT2D eigenvalue weighted by Gasteiger charge is 2.49. The van der Waals surface area contributed by atoms with Gasteiger partial charge in [-0.2, -0.15) is 0 Å². The van der Waals surface area contributed by atoms with Gasteiger partial charge in [0.1, 0.15) is 11.1 Å². The van der Waals surface area contributed by atoms with Gasteiger partial charge < -0.3 is 10.2 Å². The van der Waals surface area contributed by atoms with Gasteiger partial charge >= 0.3 is 5.97 Å². The Bertz CT molecular complexity index is 666. The summed E-state index contributed by atoms with van der Waals surface area (Å²) in [5.74, 6) is -1.06. The molecule has 1 fully saturated rings. The van der Waals surface area contributed by atoms with E-state index in [4.69, 9.17) is 0 Å². The van der Waals surface area contributed by atoms with E-state index in [-0.39, 0.29) is 23.6 Å². The molecule has 0 spiro atoms. The van der Waals surface area contributed by atoms with Gasteiger partial charge in [-0.05, 0) is 17.2 Å². The average Bonchev–Trinajstić information content (AvgIpc) is 2.51. The first-order valence-corrected chi connectivity index (χ1v) is 7.46. The number of aliphatic hydroxyl groups is 1. The fourth-order valence-electron chi connectivity index (χ4n) is 2.46. The lowest BCUT2D eigenvalue weighted by Gasteiger charge is -2.45. The molecular formula is C15H13NO4S. The van der Waals surface area contributed by atoms with Gasteiger partial charge in [0, 0.05) is 5.75 Å². The number of benzene rings is 1. The van der Waals surface area contributed by atoms with Crippen molar-refractivity contribution in [3.8, 4) is 0 Å². The van der Waals surface area contributed by atoms with Crippen molar-refractivity contribution >= 4 is 29.7 Å². The molecule has 0 bridgehead atoms. The van der Waals surface area contributed by atoms with Crippen LogP contribution in [0.5, 0.6) is 0 Å². The second-order valence-corrected chi connectivity index (χ2v) is 5.83. The molecule has 0 aromatic heterocycles. The van der Waals surface area contributed by atoms with E-state index in [1.165, 1.54) is 16.7 Å². The first-order chi connectivity index (χ1) is 10.1. The molecule has 1 aromatic rings. The number of aliphatic hydroxyl groups excluding tert-OH is 1. The van der Waals surface area contributed by atoms with Crippen molar-refractivity contribution < 1.29 is 19.8 Å². The fraction of sp³-hybridized carbons (Fsp3) is 0.200. The number of hydrogen-bond donors (Lipinski definition) is 2. The molecule has 1 atom stereocenters. The molecule has 2 N–H and O–H groups in total. The zero-order chi connectivity index (χ0) is 15.0. The van der Waals surface area contributed by atoms with E-state index in [1.54, 1.807) is 6.08 Å². The Kier molecular flexibility index (Phi) is 3.57. The number of nitrogens with zero attached hydrogens (tertiary/aromatic N) is 1. The molecule has 0 aliphatic carbocycles. The SMILES string of the molecule is O=C(O)C1=C(CO)CS[C@H]2C(=Cc3ccccc3)C(=O)N12. The van der Waals surface area contributed by atoms with Gasteiger partial charge in [0.15, 0.2) is 0 Å². The number of carbonyl (C=O) groups excluding carboxylic acids is 1. The van der Waals surface area contributed by atoms with Gasteiger partial charge in [0.25, 0.3) is 5.91 Å². The summed E-state index contributed by atoms with van der Waals surface area (Å²) in [5.41, 5.74) is 1.82. The second kappa shape index (κ2) is 5.38. The molecular weight excluding hydrogens is 290 g/mol. The Labute approximate surface area is 125 Å². The number of hydrogen-bond acceptors (Lipinski definition) is 4. The highest BCUT2D eigenvalue weighted by atomic mass is 32.2. The van der Waals surface area contributed by atoms with E-state index in [9.17, 15) is 19.8 Å². The molecule has 6 heteroatoms. The van der Waals surface area contributed by atoms with Crippen molar-refractivity contribution in [2.75, 3.05) is 12.4 Å². The maximum absolute atomic E-state index is 12.2. The van der Waals surface area contributed by atoms with Crippen LogP contribution in [0, 0.1) is 0 Å². The normalized spacial score (nSPS) is 23.1. The van der Waals surface area contributed by atoms with Crippen LogP contribution in [0.1, 0.15) is 5.56 Å². The van der Waals surface area contributed by atoms with Gasteiger partial charge in [-0.25, -0.2) is 4.79 Å². The molecule has 1 saturated heterocycles. The summed E-state index contributed by atoms with van der Waals surface area (Å²) < 4.78 is 0. The maximum atomic E-state index is 12.2. The van der Waals surface area contributed by atoms with E-state index in [0.717, 1.165) is 5.56 Å². The fourth-order valence-corrected chi connectivity index (χ4v) is 3.75. The first-order valence-electron chi connectivity index (χ1n) is 6.41. The van der Waals surface area contributed by atoms with Gasteiger partial charge in [-0.3, -0.25) is 9.69 Å². The third-order valence-electron chi connectivity index (χ3n) is 3.47. The number of fused-ring (bicyclic) bond motifs is 1. The molecule has 21 heavy (non-hydrogen) atoms. The van der Waals surface area contributed by atoms with Crippen molar-refractivity contribution in [1.82, 2.24) is 4.90 Å². The monoisotopic (exact) mass is 303 g/mol. The minimum atomic E-state index is -1.17. The van der Waals surface area contributed by atoms with Crippen molar-refractivity contribution in [2.24, 2.45) is 0 Å². The Morgan fingerprint density at radius 1 is 1.38 bits per heavy atom. The molecule has 0 radical (unpaired) electrons. The van der Waals surface area contributed by atoms with Gasteiger partial charge in [-0.1, -0.05) is 30.3 Å². The molecule has 108 valence electrons. The lowest BCUT2D eigenvalue weighted by atomic mass is 9.99.